The van der Waals surface area contributed by atoms with Crippen LogP contribution in [0.3, 0.4) is 0 Å². The van der Waals surface area contributed by atoms with Gasteiger partial charge in [-0.25, -0.2) is 15.0 Å². The van der Waals surface area contributed by atoms with Crippen molar-refractivity contribution in [1.82, 2.24) is 15.0 Å². The van der Waals surface area contributed by atoms with Crippen LogP contribution in [0.25, 0.3) is 21.5 Å². The molecule has 0 fully saturated rings. The van der Waals surface area contributed by atoms with Gasteiger partial charge in [0.25, 0.3) is 0 Å². The summed E-state index contributed by atoms with van der Waals surface area (Å²) in [5, 5.41) is 0. The van der Waals surface area contributed by atoms with Gasteiger partial charge < -0.3 is 0 Å². The Bertz CT molecular complexity index is 589. The highest BCUT2D eigenvalue weighted by Crippen LogP contribution is 2.24. The maximum atomic E-state index is 4.24. The minimum atomic E-state index is 0.945. The van der Waals surface area contributed by atoms with E-state index < -0.39 is 0 Å². The SMILES string of the molecule is c1cc(-c2ccc3ncsc3c2)ncn1. The van der Waals surface area contributed by atoms with Gasteiger partial charge in [0.15, 0.2) is 0 Å². The van der Waals surface area contributed by atoms with Crippen molar-refractivity contribution < 1.29 is 0 Å². The zero-order chi connectivity index (χ0) is 10.1. The molecule has 2 aromatic heterocycles. The molecule has 0 spiro atoms. The molecule has 0 amide bonds. The molecule has 72 valence electrons. The number of thiazole rings is 1. The van der Waals surface area contributed by atoms with Gasteiger partial charge in [0, 0.05) is 11.8 Å². The second-order valence-electron chi connectivity index (χ2n) is 3.13. The minimum absolute atomic E-state index is 0.945. The van der Waals surface area contributed by atoms with Crippen LogP contribution in [0.2, 0.25) is 0 Å². The lowest BCUT2D eigenvalue weighted by Crippen LogP contribution is -1.83. The molecule has 0 radical (unpaired) electrons. The summed E-state index contributed by atoms with van der Waals surface area (Å²) in [5.74, 6) is 0. The number of rotatable bonds is 1. The van der Waals surface area contributed by atoms with Gasteiger partial charge in [-0.3, -0.25) is 0 Å². The Morgan fingerprint density at radius 2 is 2.07 bits per heavy atom. The Morgan fingerprint density at radius 1 is 1.07 bits per heavy atom. The third-order valence-electron chi connectivity index (χ3n) is 2.21. The van der Waals surface area contributed by atoms with Crippen LogP contribution >= 0.6 is 11.3 Å². The first kappa shape index (κ1) is 8.49. The van der Waals surface area contributed by atoms with Crippen molar-refractivity contribution in [3.8, 4) is 11.3 Å². The summed E-state index contributed by atoms with van der Waals surface area (Å²) in [6, 6.07) is 8.06. The summed E-state index contributed by atoms with van der Waals surface area (Å²) in [4.78, 5) is 12.4. The lowest BCUT2D eigenvalue weighted by molar-refractivity contribution is 1.17. The fourth-order valence-electron chi connectivity index (χ4n) is 1.48. The molecule has 2 heterocycles. The Kier molecular flexibility index (Phi) is 1.93. The molecule has 15 heavy (non-hydrogen) atoms. The maximum absolute atomic E-state index is 4.24. The van der Waals surface area contributed by atoms with Crippen LogP contribution in [-0.4, -0.2) is 15.0 Å². The van der Waals surface area contributed by atoms with Crippen LogP contribution in [0, 0.1) is 0 Å². The molecule has 0 N–H and O–H groups in total. The fourth-order valence-corrected chi connectivity index (χ4v) is 2.19. The number of benzene rings is 1. The largest absolute Gasteiger partial charge is 0.245 e. The molecule has 0 atom stereocenters. The molecule has 3 aromatic rings. The summed E-state index contributed by atoms with van der Waals surface area (Å²) in [6.07, 6.45) is 3.31. The zero-order valence-electron chi connectivity index (χ0n) is 7.79. The van der Waals surface area contributed by atoms with Gasteiger partial charge in [-0.15, -0.1) is 11.3 Å². The highest BCUT2D eigenvalue weighted by molar-refractivity contribution is 7.16. The van der Waals surface area contributed by atoms with E-state index in [4.69, 9.17) is 0 Å². The summed E-state index contributed by atoms with van der Waals surface area (Å²) >= 11 is 1.64. The minimum Gasteiger partial charge on any atom is -0.245 e. The van der Waals surface area contributed by atoms with E-state index in [2.05, 4.69) is 21.0 Å². The van der Waals surface area contributed by atoms with E-state index in [1.165, 1.54) is 4.70 Å². The summed E-state index contributed by atoms with van der Waals surface area (Å²) in [6.45, 7) is 0. The predicted molar refractivity (Wildman–Crippen MR) is 60.6 cm³/mol. The van der Waals surface area contributed by atoms with Crippen LogP contribution in [0.5, 0.6) is 0 Å². The van der Waals surface area contributed by atoms with E-state index in [1.807, 2.05) is 23.7 Å². The average Bonchev–Trinajstić information content (AvgIpc) is 2.77. The Hall–Kier alpha value is -1.81. The second-order valence-corrected chi connectivity index (χ2v) is 4.02. The van der Waals surface area contributed by atoms with Crippen molar-refractivity contribution >= 4 is 21.6 Å². The fraction of sp³-hybridized carbons (Fsp3) is 0. The van der Waals surface area contributed by atoms with E-state index in [0.29, 0.717) is 0 Å². The zero-order valence-corrected chi connectivity index (χ0v) is 8.61. The molecule has 0 bridgehead atoms. The summed E-state index contributed by atoms with van der Waals surface area (Å²) in [7, 11) is 0. The van der Waals surface area contributed by atoms with Gasteiger partial charge in [0.2, 0.25) is 0 Å². The molecular weight excluding hydrogens is 206 g/mol. The van der Waals surface area contributed by atoms with Gasteiger partial charge in [-0.1, -0.05) is 6.07 Å². The van der Waals surface area contributed by atoms with Gasteiger partial charge in [0.05, 0.1) is 21.4 Å². The smallest absolute Gasteiger partial charge is 0.116 e. The lowest BCUT2D eigenvalue weighted by Gasteiger charge is -1.98. The van der Waals surface area contributed by atoms with E-state index in [1.54, 1.807) is 23.9 Å². The first-order valence-electron chi connectivity index (χ1n) is 4.53. The molecule has 0 aliphatic rings. The molecule has 0 aliphatic heterocycles. The van der Waals surface area contributed by atoms with Crippen LogP contribution in [0.4, 0.5) is 0 Å². The predicted octanol–water partition coefficient (Wildman–Crippen LogP) is 2.75. The molecule has 3 nitrogen and oxygen atoms in total. The molecule has 0 saturated carbocycles. The topological polar surface area (TPSA) is 38.7 Å². The third kappa shape index (κ3) is 1.49. The average molecular weight is 213 g/mol. The van der Waals surface area contributed by atoms with Gasteiger partial charge in [0.1, 0.15) is 6.33 Å². The van der Waals surface area contributed by atoms with Gasteiger partial charge in [-0.2, -0.15) is 0 Å². The number of aromatic nitrogens is 3. The molecule has 0 unspecified atom stereocenters. The van der Waals surface area contributed by atoms with Crippen LogP contribution in [0.15, 0.2) is 42.3 Å². The number of hydrogen-bond acceptors (Lipinski definition) is 4. The molecule has 0 aliphatic carbocycles. The van der Waals surface area contributed by atoms with E-state index in [-0.39, 0.29) is 0 Å². The maximum Gasteiger partial charge on any atom is 0.116 e. The molecule has 1 aromatic carbocycles. The van der Waals surface area contributed by atoms with Crippen molar-refractivity contribution in [3.63, 3.8) is 0 Å². The second kappa shape index (κ2) is 3.40. The van der Waals surface area contributed by atoms with Crippen LogP contribution < -0.4 is 0 Å². The van der Waals surface area contributed by atoms with Crippen molar-refractivity contribution in [2.45, 2.75) is 0 Å². The first-order chi connectivity index (χ1) is 7.43. The van der Waals surface area contributed by atoms with Crippen LogP contribution in [0.1, 0.15) is 0 Å². The van der Waals surface area contributed by atoms with Crippen molar-refractivity contribution in [1.29, 1.82) is 0 Å². The Balaban J connectivity index is 2.19. The molecule has 4 heteroatoms. The van der Waals surface area contributed by atoms with Crippen molar-refractivity contribution in [2.24, 2.45) is 0 Å². The molecule has 3 rings (SSSR count). The van der Waals surface area contributed by atoms with Crippen LogP contribution in [-0.2, 0) is 0 Å². The lowest BCUT2D eigenvalue weighted by atomic mass is 10.1. The van der Waals surface area contributed by atoms with E-state index in [0.717, 1.165) is 16.8 Å². The molecule has 0 saturated heterocycles. The van der Waals surface area contributed by atoms with Gasteiger partial charge >= 0.3 is 0 Å². The number of hydrogen-bond donors (Lipinski definition) is 0. The van der Waals surface area contributed by atoms with E-state index >= 15 is 0 Å². The number of nitrogens with zero attached hydrogens (tertiary/aromatic N) is 3. The standard InChI is InChI=1S/C11H7N3S/c1-2-10-11(15-7-14-10)5-8(1)9-3-4-12-6-13-9/h1-7H. The quantitative estimate of drug-likeness (QED) is 0.624. The Labute approximate surface area is 90.5 Å². The first-order valence-corrected chi connectivity index (χ1v) is 5.41. The third-order valence-corrected chi connectivity index (χ3v) is 3.00. The van der Waals surface area contributed by atoms with Gasteiger partial charge in [-0.05, 0) is 18.2 Å². The number of fused-ring (bicyclic) bond motifs is 1. The van der Waals surface area contributed by atoms with E-state index in [9.17, 15) is 0 Å². The Morgan fingerprint density at radius 3 is 2.93 bits per heavy atom. The summed E-state index contributed by atoms with van der Waals surface area (Å²) < 4.78 is 1.19. The van der Waals surface area contributed by atoms with Crippen molar-refractivity contribution in [2.75, 3.05) is 0 Å². The normalized spacial score (nSPS) is 10.7. The monoisotopic (exact) mass is 213 g/mol. The van der Waals surface area contributed by atoms with Crippen molar-refractivity contribution in [3.05, 3.63) is 42.3 Å². The highest BCUT2D eigenvalue weighted by Gasteiger charge is 2.01. The molecular formula is C11H7N3S. The highest BCUT2D eigenvalue weighted by atomic mass is 32.1. The summed E-state index contributed by atoms with van der Waals surface area (Å²) in [5.41, 5.74) is 4.95.